The molecule has 2 heterocycles. The van der Waals surface area contributed by atoms with Gasteiger partial charge in [-0.2, -0.15) is 20.5 Å². The minimum atomic E-state index is -2.80. The van der Waals surface area contributed by atoms with Crippen LogP contribution in [-0.4, -0.2) is 69.5 Å². The molecule has 0 amide bonds. The van der Waals surface area contributed by atoms with Crippen molar-refractivity contribution in [2.24, 2.45) is 4.99 Å². The molecule has 2 saturated heterocycles. The molecule has 0 aromatic heterocycles. The molecule has 1 unspecified atom stereocenters. The van der Waals surface area contributed by atoms with Crippen molar-refractivity contribution in [3.63, 3.8) is 0 Å². The predicted molar refractivity (Wildman–Crippen MR) is 119 cm³/mol. The highest BCUT2D eigenvalue weighted by atomic mass is 32.2. The minimum absolute atomic E-state index is 0.181. The van der Waals surface area contributed by atoms with Gasteiger partial charge in [0.2, 0.25) is 0 Å². The van der Waals surface area contributed by atoms with Crippen LogP contribution in [0.3, 0.4) is 0 Å². The van der Waals surface area contributed by atoms with Crippen LogP contribution >= 0.6 is 11.8 Å². The molecule has 0 spiro atoms. The van der Waals surface area contributed by atoms with E-state index in [2.05, 4.69) is 31.5 Å². The third-order valence-corrected chi connectivity index (χ3v) is 7.25. The first kappa shape index (κ1) is 22.9. The van der Waals surface area contributed by atoms with E-state index in [9.17, 15) is 8.78 Å². The number of alkyl halides is 2. The number of ether oxygens (including phenoxy) is 2. The van der Waals surface area contributed by atoms with E-state index in [0.29, 0.717) is 0 Å². The van der Waals surface area contributed by atoms with Crippen molar-refractivity contribution in [2.75, 3.05) is 51.1 Å². The summed E-state index contributed by atoms with van der Waals surface area (Å²) in [5, 5.41) is 7.07. The molecular formula is C21H32F2N4O2S. The molecule has 6 nitrogen and oxygen atoms in total. The van der Waals surface area contributed by atoms with E-state index < -0.39 is 6.61 Å². The number of hydrogen-bond donors (Lipinski definition) is 2. The number of benzene rings is 1. The molecule has 168 valence electrons. The molecule has 2 N–H and O–H groups in total. The number of hydrogen-bond acceptors (Lipinski definition) is 5. The fourth-order valence-electron chi connectivity index (χ4n) is 4.00. The third kappa shape index (κ3) is 6.38. The maximum atomic E-state index is 12.3. The maximum Gasteiger partial charge on any atom is 0.387 e. The van der Waals surface area contributed by atoms with Gasteiger partial charge in [0, 0.05) is 56.4 Å². The summed E-state index contributed by atoms with van der Waals surface area (Å²) in [7, 11) is 1.80. The van der Waals surface area contributed by atoms with Gasteiger partial charge in [0.15, 0.2) is 5.96 Å². The lowest BCUT2D eigenvalue weighted by Crippen LogP contribution is -2.53. The molecule has 3 rings (SSSR count). The van der Waals surface area contributed by atoms with Crippen molar-refractivity contribution in [2.45, 2.75) is 43.1 Å². The number of nitrogens with zero attached hydrogens (tertiary/aromatic N) is 2. The van der Waals surface area contributed by atoms with Gasteiger partial charge in [0.1, 0.15) is 5.75 Å². The zero-order valence-electron chi connectivity index (χ0n) is 17.7. The Bertz CT molecular complexity index is 684. The first-order chi connectivity index (χ1) is 14.5. The first-order valence-electron chi connectivity index (χ1n) is 10.4. The summed E-state index contributed by atoms with van der Waals surface area (Å²) in [5.41, 5.74) is 1.01. The Hall–Kier alpha value is -1.74. The summed E-state index contributed by atoms with van der Waals surface area (Å²) < 4.78 is 34.8. The van der Waals surface area contributed by atoms with E-state index in [1.165, 1.54) is 0 Å². The number of piperidine rings is 1. The van der Waals surface area contributed by atoms with Crippen LogP contribution < -0.4 is 20.3 Å². The monoisotopic (exact) mass is 442 g/mol. The van der Waals surface area contributed by atoms with Crippen LogP contribution in [0.15, 0.2) is 29.3 Å². The Morgan fingerprint density at radius 3 is 2.70 bits per heavy atom. The Labute approximate surface area is 181 Å². The Morgan fingerprint density at radius 2 is 2.07 bits per heavy atom. The summed E-state index contributed by atoms with van der Waals surface area (Å²) in [6, 6.07) is 7.12. The van der Waals surface area contributed by atoms with Crippen LogP contribution in [0.1, 0.15) is 25.7 Å². The van der Waals surface area contributed by atoms with Gasteiger partial charge in [-0.25, -0.2) is 0 Å². The largest absolute Gasteiger partial charge is 0.435 e. The molecule has 1 aromatic carbocycles. The van der Waals surface area contributed by atoms with Crippen LogP contribution in [0, 0.1) is 0 Å². The van der Waals surface area contributed by atoms with E-state index in [0.717, 1.165) is 70.2 Å². The SMILES string of the molecule is CN=C(NCC1(SC)CCOCC1)NC1CCCN(c2ccc(OC(F)F)cc2)C1. The maximum absolute atomic E-state index is 12.3. The smallest absolute Gasteiger partial charge is 0.387 e. The lowest BCUT2D eigenvalue weighted by atomic mass is 9.99. The van der Waals surface area contributed by atoms with Gasteiger partial charge in [-0.3, -0.25) is 4.99 Å². The van der Waals surface area contributed by atoms with E-state index in [4.69, 9.17) is 4.74 Å². The van der Waals surface area contributed by atoms with E-state index >= 15 is 0 Å². The van der Waals surface area contributed by atoms with Gasteiger partial charge in [-0.15, -0.1) is 0 Å². The lowest BCUT2D eigenvalue weighted by molar-refractivity contribution is -0.0498. The normalized spacial score (nSPS) is 22.1. The Morgan fingerprint density at radius 1 is 1.33 bits per heavy atom. The molecule has 30 heavy (non-hydrogen) atoms. The van der Waals surface area contributed by atoms with Crippen molar-refractivity contribution in [3.8, 4) is 5.75 Å². The second-order valence-electron chi connectivity index (χ2n) is 7.73. The Kier molecular flexibility index (Phi) is 8.44. The summed E-state index contributed by atoms with van der Waals surface area (Å²) in [6.07, 6.45) is 6.36. The average molecular weight is 443 g/mol. The minimum Gasteiger partial charge on any atom is -0.435 e. The van der Waals surface area contributed by atoms with Crippen molar-refractivity contribution in [3.05, 3.63) is 24.3 Å². The summed E-state index contributed by atoms with van der Waals surface area (Å²) >= 11 is 1.90. The van der Waals surface area contributed by atoms with Crippen LogP contribution in [0.25, 0.3) is 0 Å². The quantitative estimate of drug-likeness (QED) is 0.499. The van der Waals surface area contributed by atoms with Gasteiger partial charge >= 0.3 is 6.61 Å². The topological polar surface area (TPSA) is 58.1 Å². The van der Waals surface area contributed by atoms with Gasteiger partial charge in [0.25, 0.3) is 0 Å². The molecule has 0 saturated carbocycles. The van der Waals surface area contributed by atoms with E-state index in [-0.39, 0.29) is 16.5 Å². The van der Waals surface area contributed by atoms with Crippen LogP contribution in [0.4, 0.5) is 14.5 Å². The number of anilines is 1. The highest BCUT2D eigenvalue weighted by Gasteiger charge is 2.32. The number of thioether (sulfide) groups is 1. The van der Waals surface area contributed by atoms with Crippen molar-refractivity contribution >= 4 is 23.4 Å². The second kappa shape index (κ2) is 11.0. The van der Waals surface area contributed by atoms with Gasteiger partial charge in [0.05, 0.1) is 0 Å². The number of halogens is 2. The van der Waals surface area contributed by atoms with Crippen LogP contribution in [0.5, 0.6) is 5.75 Å². The molecule has 0 radical (unpaired) electrons. The predicted octanol–water partition coefficient (Wildman–Crippen LogP) is 3.33. The fraction of sp³-hybridized carbons (Fsp3) is 0.667. The molecule has 2 aliphatic heterocycles. The molecular weight excluding hydrogens is 410 g/mol. The summed E-state index contributed by atoms with van der Waals surface area (Å²) in [5.74, 6) is 1.00. The van der Waals surface area contributed by atoms with Gasteiger partial charge in [-0.05, 0) is 56.2 Å². The van der Waals surface area contributed by atoms with E-state index in [1.54, 1.807) is 19.2 Å². The molecule has 1 atom stereocenters. The van der Waals surface area contributed by atoms with Crippen molar-refractivity contribution in [1.82, 2.24) is 10.6 Å². The van der Waals surface area contributed by atoms with Crippen LogP contribution in [0.2, 0.25) is 0 Å². The molecule has 1 aromatic rings. The number of nitrogens with one attached hydrogen (secondary N) is 2. The summed E-state index contributed by atoms with van der Waals surface area (Å²) in [4.78, 5) is 6.68. The summed E-state index contributed by atoms with van der Waals surface area (Å²) in [6.45, 7) is 1.45. The molecule has 2 fully saturated rings. The molecule has 9 heteroatoms. The van der Waals surface area contributed by atoms with Crippen LogP contribution in [-0.2, 0) is 4.74 Å². The Balaban J connectivity index is 1.53. The second-order valence-corrected chi connectivity index (χ2v) is 9.00. The average Bonchev–Trinajstić information content (AvgIpc) is 2.77. The van der Waals surface area contributed by atoms with Crippen molar-refractivity contribution < 1.29 is 18.3 Å². The van der Waals surface area contributed by atoms with Gasteiger partial charge < -0.3 is 25.0 Å². The highest BCUT2D eigenvalue weighted by molar-refractivity contribution is 8.00. The molecule has 2 aliphatic rings. The zero-order valence-corrected chi connectivity index (χ0v) is 18.5. The molecule has 0 aliphatic carbocycles. The van der Waals surface area contributed by atoms with Crippen molar-refractivity contribution in [1.29, 1.82) is 0 Å². The van der Waals surface area contributed by atoms with Gasteiger partial charge in [-0.1, -0.05) is 0 Å². The number of guanidine groups is 1. The zero-order chi connectivity index (χ0) is 21.4. The lowest BCUT2D eigenvalue weighted by Gasteiger charge is -2.38. The number of rotatable bonds is 7. The third-order valence-electron chi connectivity index (χ3n) is 5.83. The van der Waals surface area contributed by atoms with E-state index in [1.807, 2.05) is 23.9 Å². The number of aliphatic imine (C=N–C) groups is 1. The standard InChI is InChI=1S/C21H32F2N4O2S/c1-24-20(25-15-21(30-2)9-12-28-13-10-21)26-16-4-3-11-27(14-16)17-5-7-18(8-6-17)29-19(22)23/h5-8,16,19H,3-4,9-15H2,1-2H3,(H2,24,25,26). The fourth-order valence-corrected chi connectivity index (χ4v) is 4.79. The first-order valence-corrected chi connectivity index (χ1v) is 11.7. The highest BCUT2D eigenvalue weighted by Crippen LogP contribution is 2.33. The molecule has 0 bridgehead atoms.